The first kappa shape index (κ1) is 40.6. The number of amides is 4. The summed E-state index contributed by atoms with van der Waals surface area (Å²) in [5, 5.41) is 18.7. The first-order valence-electron chi connectivity index (χ1n) is 19.0. The number of hydrazone groups is 2. The van der Waals surface area contributed by atoms with Crippen LogP contribution in [0, 0.1) is 0 Å². The Bertz CT molecular complexity index is 2430. The fraction of sp³-hybridized carbons (Fsp3) is 0.128. The quantitative estimate of drug-likeness (QED) is 0.148. The van der Waals surface area contributed by atoms with Gasteiger partial charge in [0.25, 0.3) is 0 Å². The van der Waals surface area contributed by atoms with Crippen LogP contribution in [0.15, 0.2) is 178 Å². The predicted octanol–water partition coefficient (Wildman–Crippen LogP) is 11.0. The van der Waals surface area contributed by atoms with Gasteiger partial charge in [-0.05, 0) is 89.8 Å². The van der Waals surface area contributed by atoms with Gasteiger partial charge in [-0.15, -0.1) is 0 Å². The van der Waals surface area contributed by atoms with E-state index in [4.69, 9.17) is 16.3 Å². The van der Waals surface area contributed by atoms with E-state index in [1.54, 1.807) is 31.2 Å². The van der Waals surface area contributed by atoms with E-state index in [1.807, 2.05) is 115 Å². The summed E-state index contributed by atoms with van der Waals surface area (Å²) in [6.07, 6.45) is 0. The van der Waals surface area contributed by atoms with Crippen LogP contribution in [0.4, 0.5) is 21.0 Å². The highest BCUT2D eigenvalue weighted by atomic mass is 79.9. The molecule has 2 heterocycles. The van der Waals surface area contributed by atoms with E-state index in [9.17, 15) is 14.4 Å². The van der Waals surface area contributed by atoms with Crippen LogP contribution >= 0.6 is 27.5 Å². The lowest BCUT2D eigenvalue weighted by Crippen LogP contribution is -2.30. The highest BCUT2D eigenvalue weighted by Gasteiger charge is 2.33. The average Bonchev–Trinajstić information content (AvgIpc) is 3.93. The molecule has 2 aliphatic heterocycles. The summed E-state index contributed by atoms with van der Waals surface area (Å²) >= 11 is 9.43. The van der Waals surface area contributed by atoms with Gasteiger partial charge in [0.05, 0.1) is 36.7 Å². The van der Waals surface area contributed by atoms with Crippen molar-refractivity contribution in [2.45, 2.75) is 18.8 Å². The molecule has 0 aliphatic carbocycles. The third kappa shape index (κ3) is 10.3. The molecule has 2 aliphatic rings. The van der Waals surface area contributed by atoms with Gasteiger partial charge < -0.3 is 15.4 Å². The number of nitrogens with one attached hydrogen (secondary N) is 2. The first-order chi connectivity index (χ1) is 28.7. The number of halogens is 2. The summed E-state index contributed by atoms with van der Waals surface area (Å²) in [6, 6.07) is 51.1. The average molecular weight is 868 g/mol. The standard InChI is InChI=1S/C25H23N3O3.C22H17BrClN3O/c1-2-31-24(29)20-13-15-21(16-14-20)26-25(30)28-17-22(18-9-5-3-6-10-18)23(27-28)19-11-7-4-8-12-19;23-17-8-12-19(13-9-17)25-22(28)27-14-20(15-4-2-1-3-5-15)21(26-27)16-6-10-18(24)11-7-16/h3-16,22H,2,17H2,1H3,(H,26,30);1-13,20H,14H2,(H,25,28). The Labute approximate surface area is 356 Å². The first-order valence-corrected chi connectivity index (χ1v) is 20.2. The molecule has 0 aromatic heterocycles. The summed E-state index contributed by atoms with van der Waals surface area (Å²) < 4.78 is 5.94. The Hall–Kier alpha value is -6.56. The van der Waals surface area contributed by atoms with Crippen molar-refractivity contribution in [1.29, 1.82) is 0 Å². The second-order valence-corrected chi connectivity index (χ2v) is 15.0. The summed E-state index contributed by atoms with van der Waals surface area (Å²) in [6.45, 7) is 3.00. The van der Waals surface area contributed by atoms with Crippen LogP contribution in [0.25, 0.3) is 0 Å². The van der Waals surface area contributed by atoms with Crippen molar-refractivity contribution in [3.63, 3.8) is 0 Å². The zero-order chi connectivity index (χ0) is 41.1. The van der Waals surface area contributed by atoms with E-state index < -0.39 is 0 Å². The zero-order valence-electron chi connectivity index (χ0n) is 32.0. The number of hydrogen-bond donors (Lipinski definition) is 2. The third-order valence-corrected chi connectivity index (χ3v) is 10.4. The topological polar surface area (TPSA) is 116 Å². The summed E-state index contributed by atoms with van der Waals surface area (Å²) in [7, 11) is 0. The molecule has 2 atom stereocenters. The van der Waals surface area contributed by atoms with Crippen molar-refractivity contribution in [2.24, 2.45) is 10.2 Å². The van der Waals surface area contributed by atoms with Crippen molar-refractivity contribution < 1.29 is 19.1 Å². The molecule has 0 fully saturated rings. The van der Waals surface area contributed by atoms with Crippen molar-refractivity contribution >= 4 is 68.4 Å². The number of urea groups is 2. The molecule has 0 saturated heterocycles. The molecular weight excluding hydrogens is 828 g/mol. The Morgan fingerprint density at radius 2 is 1.03 bits per heavy atom. The fourth-order valence-electron chi connectivity index (χ4n) is 6.71. The minimum Gasteiger partial charge on any atom is -0.462 e. The molecule has 0 spiro atoms. The summed E-state index contributed by atoms with van der Waals surface area (Å²) in [4.78, 5) is 37.5. The number of nitrogens with zero attached hydrogens (tertiary/aromatic N) is 4. The molecule has 0 radical (unpaired) electrons. The second kappa shape index (κ2) is 19.3. The molecule has 0 saturated carbocycles. The van der Waals surface area contributed by atoms with E-state index >= 15 is 0 Å². The Morgan fingerprint density at radius 3 is 1.49 bits per heavy atom. The number of anilines is 2. The Balaban J connectivity index is 0.000000180. The smallest absolute Gasteiger partial charge is 0.342 e. The van der Waals surface area contributed by atoms with Crippen LogP contribution in [0.5, 0.6) is 0 Å². The third-order valence-electron chi connectivity index (χ3n) is 9.65. The van der Waals surface area contributed by atoms with Gasteiger partial charge in [-0.25, -0.2) is 24.4 Å². The molecule has 10 nitrogen and oxygen atoms in total. The van der Waals surface area contributed by atoms with Gasteiger partial charge in [-0.1, -0.05) is 131 Å². The largest absolute Gasteiger partial charge is 0.462 e. The SMILES string of the molecule is CCOC(=O)c1ccc(NC(=O)N2CC(c3ccccc3)C(c3ccccc3)=N2)cc1.O=C(Nc1ccc(Br)cc1)N1CC(c2ccccc2)C(c2ccc(Cl)cc2)=N1. The highest BCUT2D eigenvalue weighted by Crippen LogP contribution is 2.31. The van der Waals surface area contributed by atoms with E-state index in [0.29, 0.717) is 36.0 Å². The molecule has 8 rings (SSSR count). The maximum absolute atomic E-state index is 12.9. The van der Waals surface area contributed by atoms with E-state index in [2.05, 4.69) is 61.0 Å². The van der Waals surface area contributed by atoms with Gasteiger partial charge in [0, 0.05) is 32.7 Å². The predicted molar refractivity (Wildman–Crippen MR) is 237 cm³/mol. The molecule has 6 aromatic carbocycles. The molecular formula is C47H40BrClN6O4. The maximum Gasteiger partial charge on any atom is 0.342 e. The number of esters is 1. The normalized spacial score (nSPS) is 15.6. The van der Waals surface area contributed by atoms with Crippen molar-refractivity contribution in [2.75, 3.05) is 30.3 Å². The molecule has 2 N–H and O–H groups in total. The van der Waals surface area contributed by atoms with Crippen molar-refractivity contribution in [1.82, 2.24) is 10.0 Å². The van der Waals surface area contributed by atoms with Crippen LogP contribution in [-0.2, 0) is 4.74 Å². The molecule has 4 amide bonds. The summed E-state index contributed by atoms with van der Waals surface area (Å²) in [5.74, 6) is -0.402. The minimum absolute atomic E-state index is 0.00181. The van der Waals surface area contributed by atoms with E-state index in [-0.39, 0.29) is 29.9 Å². The lowest BCUT2D eigenvalue weighted by atomic mass is 9.91. The molecule has 6 aromatic rings. The maximum atomic E-state index is 12.9. The van der Waals surface area contributed by atoms with Crippen LogP contribution in [0.1, 0.15) is 51.4 Å². The van der Waals surface area contributed by atoms with Gasteiger partial charge in [-0.2, -0.15) is 10.2 Å². The van der Waals surface area contributed by atoms with Crippen LogP contribution in [-0.4, -0.2) is 59.2 Å². The number of rotatable bonds is 8. The molecule has 296 valence electrons. The number of ether oxygens (including phenoxy) is 1. The fourth-order valence-corrected chi connectivity index (χ4v) is 7.10. The van der Waals surface area contributed by atoms with Crippen molar-refractivity contribution in [3.8, 4) is 0 Å². The molecule has 12 heteroatoms. The van der Waals surface area contributed by atoms with Crippen LogP contribution < -0.4 is 10.6 Å². The van der Waals surface area contributed by atoms with Gasteiger partial charge >= 0.3 is 18.0 Å². The van der Waals surface area contributed by atoms with Gasteiger partial charge in [-0.3, -0.25) is 0 Å². The van der Waals surface area contributed by atoms with Gasteiger partial charge in [0.2, 0.25) is 0 Å². The minimum atomic E-state index is -0.386. The highest BCUT2D eigenvalue weighted by molar-refractivity contribution is 9.10. The number of carbonyl (C=O) groups excluding carboxylic acids is 3. The van der Waals surface area contributed by atoms with Crippen LogP contribution in [0.3, 0.4) is 0 Å². The van der Waals surface area contributed by atoms with Gasteiger partial charge in [0.1, 0.15) is 0 Å². The Kier molecular flexibility index (Phi) is 13.3. The van der Waals surface area contributed by atoms with Gasteiger partial charge in [0.15, 0.2) is 0 Å². The monoisotopic (exact) mass is 866 g/mol. The number of carbonyl (C=O) groups is 3. The number of benzene rings is 6. The van der Waals surface area contributed by atoms with E-state index in [1.165, 1.54) is 10.0 Å². The molecule has 2 unspecified atom stereocenters. The van der Waals surface area contributed by atoms with Crippen LogP contribution in [0.2, 0.25) is 5.02 Å². The Morgan fingerprint density at radius 1 is 0.610 bits per heavy atom. The van der Waals surface area contributed by atoms with E-state index in [0.717, 1.165) is 43.8 Å². The molecule has 59 heavy (non-hydrogen) atoms. The second-order valence-electron chi connectivity index (χ2n) is 13.6. The number of hydrogen-bond acceptors (Lipinski definition) is 6. The zero-order valence-corrected chi connectivity index (χ0v) is 34.4. The molecule has 0 bridgehead atoms. The lowest BCUT2D eigenvalue weighted by molar-refractivity contribution is 0.0526. The lowest BCUT2D eigenvalue weighted by Gasteiger charge is -2.16. The van der Waals surface area contributed by atoms with Crippen molar-refractivity contribution in [3.05, 3.63) is 201 Å². The summed E-state index contributed by atoms with van der Waals surface area (Å²) in [5.41, 5.74) is 7.64.